The molecule has 34 heavy (non-hydrogen) atoms. The molecule has 2 aliphatic rings. The lowest BCUT2D eigenvalue weighted by Crippen LogP contribution is -2.24. The second-order valence-electron chi connectivity index (χ2n) is 9.40. The van der Waals surface area contributed by atoms with Crippen LogP contribution in [0, 0.1) is 0 Å². The van der Waals surface area contributed by atoms with Crippen LogP contribution in [0.5, 0.6) is 0 Å². The average molecular weight is 453 g/mol. The van der Waals surface area contributed by atoms with E-state index in [-0.39, 0.29) is 5.78 Å². The molecule has 1 N–H and O–H groups in total. The summed E-state index contributed by atoms with van der Waals surface area (Å²) in [4.78, 5) is 18.2. The molecule has 2 heterocycles. The van der Waals surface area contributed by atoms with Crippen molar-refractivity contribution in [3.05, 3.63) is 65.7 Å². The Kier molecular flexibility index (Phi) is 5.01. The van der Waals surface area contributed by atoms with Gasteiger partial charge in [0, 0.05) is 49.7 Å². The molecule has 1 aliphatic carbocycles. The second kappa shape index (κ2) is 8.20. The van der Waals surface area contributed by atoms with E-state index in [4.69, 9.17) is 4.52 Å². The lowest BCUT2D eigenvalue weighted by atomic mass is 9.86. The summed E-state index contributed by atoms with van der Waals surface area (Å²) >= 11 is 0. The van der Waals surface area contributed by atoms with Gasteiger partial charge in [0.25, 0.3) is 0 Å². The van der Waals surface area contributed by atoms with Crippen LogP contribution in [0.2, 0.25) is 0 Å². The monoisotopic (exact) mass is 452 g/mol. The van der Waals surface area contributed by atoms with Crippen molar-refractivity contribution < 1.29 is 9.32 Å². The third-order valence-corrected chi connectivity index (χ3v) is 6.99. The van der Waals surface area contributed by atoms with E-state index in [2.05, 4.69) is 38.5 Å². The highest BCUT2D eigenvalue weighted by Crippen LogP contribution is 2.46. The molecule has 0 spiro atoms. The molecule has 6 nitrogen and oxygen atoms in total. The van der Waals surface area contributed by atoms with E-state index >= 15 is 0 Å². The van der Waals surface area contributed by atoms with Crippen molar-refractivity contribution in [2.24, 2.45) is 0 Å². The number of nitrogens with one attached hydrogen (secondary N) is 1. The number of benzene rings is 3. The smallest absolute Gasteiger partial charge is 0.196 e. The summed E-state index contributed by atoms with van der Waals surface area (Å²) in [5, 5.41) is 8.88. The normalized spacial score (nSPS) is 15.2. The predicted octanol–water partition coefficient (Wildman–Crippen LogP) is 6.23. The molecular formula is C28H28N4O2. The van der Waals surface area contributed by atoms with E-state index < -0.39 is 0 Å². The third-order valence-electron chi connectivity index (χ3n) is 6.99. The summed E-state index contributed by atoms with van der Waals surface area (Å²) in [7, 11) is 4.05. The fourth-order valence-corrected chi connectivity index (χ4v) is 5.19. The number of ketones is 1. The first-order chi connectivity index (χ1) is 16.6. The summed E-state index contributed by atoms with van der Waals surface area (Å²) in [6.07, 6.45) is 4.81. The summed E-state index contributed by atoms with van der Waals surface area (Å²) in [6, 6.07) is 18.0. The van der Waals surface area contributed by atoms with E-state index in [1.807, 2.05) is 50.5 Å². The quantitative estimate of drug-likeness (QED) is 0.349. The van der Waals surface area contributed by atoms with E-state index in [1.165, 1.54) is 12.8 Å². The molecule has 6 rings (SSSR count). The minimum atomic E-state index is 0.00567. The molecule has 1 fully saturated rings. The van der Waals surface area contributed by atoms with E-state index in [9.17, 15) is 4.79 Å². The van der Waals surface area contributed by atoms with Gasteiger partial charge in [0.05, 0.1) is 22.3 Å². The van der Waals surface area contributed by atoms with Gasteiger partial charge in [0.2, 0.25) is 0 Å². The maximum atomic E-state index is 13.8. The molecule has 0 saturated carbocycles. The van der Waals surface area contributed by atoms with Gasteiger partial charge in [0.15, 0.2) is 11.5 Å². The molecule has 6 heteroatoms. The summed E-state index contributed by atoms with van der Waals surface area (Å²) in [6.45, 7) is 1.97. The lowest BCUT2D eigenvalue weighted by molar-refractivity contribution is 0.104. The van der Waals surface area contributed by atoms with Crippen LogP contribution < -0.4 is 15.1 Å². The molecule has 0 atom stereocenters. The van der Waals surface area contributed by atoms with Crippen LogP contribution >= 0.6 is 0 Å². The first-order valence-corrected chi connectivity index (χ1v) is 12.0. The molecular weight excluding hydrogens is 424 g/mol. The largest absolute Gasteiger partial charge is 0.378 e. The van der Waals surface area contributed by atoms with Gasteiger partial charge in [-0.3, -0.25) is 4.79 Å². The molecule has 4 aromatic rings. The number of hydrogen-bond acceptors (Lipinski definition) is 6. The SMILES string of the molecule is CN(C)c1ccc(Nc2cc(N3CCCCCC3)c3noc4c3c2C(=O)c2ccccc2-4)cc1. The number of anilines is 4. The number of nitrogens with zero attached hydrogens (tertiary/aromatic N) is 3. The van der Waals surface area contributed by atoms with Crippen molar-refractivity contribution in [1.82, 2.24) is 5.16 Å². The van der Waals surface area contributed by atoms with Gasteiger partial charge in [-0.15, -0.1) is 0 Å². The van der Waals surface area contributed by atoms with Crippen molar-refractivity contribution in [2.75, 3.05) is 42.3 Å². The molecule has 3 aromatic carbocycles. The number of carbonyl (C=O) groups excluding carboxylic acids is 1. The van der Waals surface area contributed by atoms with Crippen molar-refractivity contribution in [3.63, 3.8) is 0 Å². The van der Waals surface area contributed by atoms with Crippen LogP contribution in [-0.4, -0.2) is 38.1 Å². The molecule has 0 radical (unpaired) electrons. The zero-order chi connectivity index (χ0) is 23.2. The highest BCUT2D eigenvalue weighted by molar-refractivity contribution is 6.28. The molecule has 1 aromatic heterocycles. The van der Waals surface area contributed by atoms with E-state index in [1.54, 1.807) is 0 Å². The topological polar surface area (TPSA) is 61.6 Å². The lowest BCUT2D eigenvalue weighted by Gasteiger charge is -2.26. The molecule has 0 bridgehead atoms. The van der Waals surface area contributed by atoms with E-state index in [0.29, 0.717) is 16.9 Å². The van der Waals surface area contributed by atoms with Gasteiger partial charge in [-0.1, -0.05) is 42.3 Å². The van der Waals surface area contributed by atoms with Crippen LogP contribution in [0.15, 0.2) is 59.1 Å². The highest BCUT2D eigenvalue weighted by atomic mass is 16.5. The Bertz CT molecular complexity index is 1380. The minimum absolute atomic E-state index is 0.00567. The van der Waals surface area contributed by atoms with Gasteiger partial charge in [-0.2, -0.15) is 0 Å². The van der Waals surface area contributed by atoms with Gasteiger partial charge in [0.1, 0.15) is 5.52 Å². The predicted molar refractivity (Wildman–Crippen MR) is 138 cm³/mol. The Balaban J connectivity index is 1.55. The van der Waals surface area contributed by atoms with Crippen LogP contribution in [0.25, 0.3) is 22.2 Å². The van der Waals surface area contributed by atoms with E-state index in [0.717, 1.165) is 65.1 Å². The Morgan fingerprint density at radius 3 is 2.35 bits per heavy atom. The van der Waals surface area contributed by atoms with Crippen LogP contribution in [0.3, 0.4) is 0 Å². The van der Waals surface area contributed by atoms with Crippen molar-refractivity contribution in [3.8, 4) is 11.3 Å². The number of hydrogen-bond donors (Lipinski definition) is 1. The van der Waals surface area contributed by atoms with Crippen LogP contribution in [0.4, 0.5) is 22.7 Å². The minimum Gasteiger partial charge on any atom is -0.378 e. The fraction of sp³-hybridized carbons (Fsp3) is 0.286. The van der Waals surface area contributed by atoms with Crippen molar-refractivity contribution in [1.29, 1.82) is 0 Å². The van der Waals surface area contributed by atoms with Gasteiger partial charge >= 0.3 is 0 Å². The van der Waals surface area contributed by atoms with Crippen LogP contribution in [-0.2, 0) is 0 Å². The van der Waals surface area contributed by atoms with Gasteiger partial charge < -0.3 is 19.6 Å². The zero-order valence-electron chi connectivity index (χ0n) is 19.6. The Morgan fingerprint density at radius 2 is 1.65 bits per heavy atom. The molecule has 0 unspecified atom stereocenters. The van der Waals surface area contributed by atoms with Gasteiger partial charge in [-0.25, -0.2) is 0 Å². The first-order valence-electron chi connectivity index (χ1n) is 12.0. The van der Waals surface area contributed by atoms with Gasteiger partial charge in [-0.05, 0) is 43.2 Å². The number of aromatic nitrogens is 1. The van der Waals surface area contributed by atoms with Crippen molar-refractivity contribution in [2.45, 2.75) is 25.7 Å². The average Bonchev–Trinajstić information content (AvgIpc) is 3.11. The number of fused-ring (bicyclic) bond motifs is 2. The maximum absolute atomic E-state index is 13.8. The number of carbonyl (C=O) groups is 1. The third kappa shape index (κ3) is 3.33. The summed E-state index contributed by atoms with van der Waals surface area (Å²) in [5.41, 5.74) is 6.79. The standard InChI is InChI=1S/C28H28N4O2/c1-31(2)19-13-11-18(12-14-19)29-22-17-23(32-15-7-3-4-8-16-32)26-25-24(22)27(33)20-9-5-6-10-21(20)28(25)34-30-26/h5-6,9-14,17,29H,3-4,7-8,15-16H2,1-2H3. The highest BCUT2D eigenvalue weighted by Gasteiger charge is 2.33. The Morgan fingerprint density at radius 1 is 0.941 bits per heavy atom. The first kappa shape index (κ1) is 20.8. The van der Waals surface area contributed by atoms with Crippen LogP contribution in [0.1, 0.15) is 41.6 Å². The summed E-state index contributed by atoms with van der Waals surface area (Å²) < 4.78 is 5.92. The Labute approximate surface area is 199 Å². The summed E-state index contributed by atoms with van der Waals surface area (Å²) in [5.74, 6) is 0.689. The zero-order valence-corrected chi connectivity index (χ0v) is 19.6. The molecule has 172 valence electrons. The molecule has 0 amide bonds. The maximum Gasteiger partial charge on any atom is 0.196 e. The number of rotatable bonds is 4. The Hall–Kier alpha value is -3.80. The molecule has 1 saturated heterocycles. The fourth-order valence-electron chi connectivity index (χ4n) is 5.19. The van der Waals surface area contributed by atoms with Crippen molar-refractivity contribution >= 4 is 39.4 Å². The second-order valence-corrected chi connectivity index (χ2v) is 9.40. The molecule has 1 aliphatic heterocycles.